The molecule has 2 aliphatic rings. The van der Waals surface area contributed by atoms with E-state index in [0.717, 1.165) is 51.2 Å². The van der Waals surface area contributed by atoms with Crippen LogP contribution in [0.3, 0.4) is 0 Å². The first-order valence-electron chi connectivity index (χ1n) is 7.58. The van der Waals surface area contributed by atoms with Gasteiger partial charge in [0.15, 0.2) is 0 Å². The van der Waals surface area contributed by atoms with Gasteiger partial charge in [-0.1, -0.05) is 13.3 Å². The van der Waals surface area contributed by atoms with Gasteiger partial charge in [-0.05, 0) is 44.1 Å². The van der Waals surface area contributed by atoms with E-state index in [1.54, 1.807) is 0 Å². The summed E-state index contributed by atoms with van der Waals surface area (Å²) in [7, 11) is 0. The maximum Gasteiger partial charge on any atom is 0.137 e. The van der Waals surface area contributed by atoms with Crippen molar-refractivity contribution in [3.05, 3.63) is 0 Å². The van der Waals surface area contributed by atoms with E-state index in [2.05, 4.69) is 11.8 Å². The summed E-state index contributed by atoms with van der Waals surface area (Å²) in [5.41, 5.74) is 0. The number of likely N-dealkylation sites (tertiary alicyclic amines) is 1. The van der Waals surface area contributed by atoms with Crippen LogP contribution in [0.2, 0.25) is 0 Å². The van der Waals surface area contributed by atoms with Crippen LogP contribution in [-0.2, 0) is 4.79 Å². The van der Waals surface area contributed by atoms with E-state index >= 15 is 0 Å². The van der Waals surface area contributed by atoms with Crippen LogP contribution in [0.5, 0.6) is 0 Å². The van der Waals surface area contributed by atoms with Crippen LogP contribution in [-0.4, -0.2) is 42.0 Å². The third kappa shape index (κ3) is 3.55. The third-order valence-electron chi connectivity index (χ3n) is 4.79. The molecule has 1 N–H and O–H groups in total. The van der Waals surface area contributed by atoms with E-state index in [9.17, 15) is 9.90 Å². The lowest BCUT2D eigenvalue weighted by Crippen LogP contribution is -2.42. The maximum atomic E-state index is 12.0. The highest BCUT2D eigenvalue weighted by atomic mass is 16.3. The fraction of sp³-hybridized carbons (Fsp3) is 0.933. The number of carbonyl (C=O) groups is 1. The van der Waals surface area contributed by atoms with Crippen molar-refractivity contribution in [3.8, 4) is 0 Å². The molecule has 0 spiro atoms. The van der Waals surface area contributed by atoms with Crippen molar-refractivity contribution in [1.82, 2.24) is 4.90 Å². The Bertz CT molecular complexity index is 280. The van der Waals surface area contributed by atoms with Gasteiger partial charge >= 0.3 is 0 Å². The molecule has 0 radical (unpaired) electrons. The number of aliphatic hydroxyl groups excluding tert-OH is 1. The number of nitrogens with zero attached hydrogens (tertiary/aromatic N) is 1. The summed E-state index contributed by atoms with van der Waals surface area (Å²) in [5, 5.41) is 9.25. The topological polar surface area (TPSA) is 40.5 Å². The Balaban J connectivity index is 1.85. The van der Waals surface area contributed by atoms with E-state index in [0.29, 0.717) is 18.3 Å². The number of rotatable bonds is 4. The number of Topliss-reactive ketones (excluding diaryl/α,β-unsaturated/α-hetero) is 1. The number of hydrogen-bond donors (Lipinski definition) is 1. The van der Waals surface area contributed by atoms with Crippen LogP contribution in [0.1, 0.15) is 45.4 Å². The summed E-state index contributed by atoms with van der Waals surface area (Å²) in [4.78, 5) is 14.4. The second-order valence-electron chi connectivity index (χ2n) is 6.16. The Morgan fingerprint density at radius 1 is 1.33 bits per heavy atom. The number of hydrogen-bond acceptors (Lipinski definition) is 3. The van der Waals surface area contributed by atoms with E-state index in [1.807, 2.05) is 0 Å². The van der Waals surface area contributed by atoms with Crippen LogP contribution in [0.25, 0.3) is 0 Å². The molecule has 3 atom stereocenters. The van der Waals surface area contributed by atoms with Gasteiger partial charge in [0.2, 0.25) is 0 Å². The molecule has 104 valence electrons. The van der Waals surface area contributed by atoms with Crippen LogP contribution < -0.4 is 0 Å². The summed E-state index contributed by atoms with van der Waals surface area (Å²) in [5.74, 6) is 1.93. The second kappa shape index (κ2) is 6.67. The highest BCUT2D eigenvalue weighted by Gasteiger charge is 2.30. The molecule has 3 nitrogen and oxygen atoms in total. The smallest absolute Gasteiger partial charge is 0.137 e. The van der Waals surface area contributed by atoms with Crippen molar-refractivity contribution in [1.29, 1.82) is 0 Å². The molecule has 0 aromatic heterocycles. The normalized spacial score (nSPS) is 34.8. The zero-order chi connectivity index (χ0) is 13.0. The molecule has 0 aromatic carbocycles. The van der Waals surface area contributed by atoms with E-state index < -0.39 is 0 Å². The van der Waals surface area contributed by atoms with Crippen LogP contribution in [0.15, 0.2) is 0 Å². The SMILES string of the molecule is CCC1CCC(=O)C(CN2CCCC(CO)C2)C1. The van der Waals surface area contributed by atoms with Crippen molar-refractivity contribution in [3.63, 3.8) is 0 Å². The molecule has 2 fully saturated rings. The third-order valence-corrected chi connectivity index (χ3v) is 4.79. The van der Waals surface area contributed by atoms with E-state index in [-0.39, 0.29) is 5.92 Å². The van der Waals surface area contributed by atoms with Gasteiger partial charge in [-0.15, -0.1) is 0 Å². The molecular weight excluding hydrogens is 226 g/mol. The van der Waals surface area contributed by atoms with Gasteiger partial charge in [-0.3, -0.25) is 4.79 Å². The van der Waals surface area contributed by atoms with Crippen molar-refractivity contribution >= 4 is 5.78 Å². The van der Waals surface area contributed by atoms with Crippen molar-refractivity contribution in [2.75, 3.05) is 26.2 Å². The summed E-state index contributed by atoms with van der Waals surface area (Å²) in [6.07, 6.45) is 6.51. The number of aliphatic hydroxyl groups is 1. The fourth-order valence-corrected chi connectivity index (χ4v) is 3.53. The molecule has 0 amide bonds. The van der Waals surface area contributed by atoms with E-state index in [4.69, 9.17) is 0 Å². The molecule has 1 heterocycles. The summed E-state index contributed by atoms with van der Waals surface area (Å²) in [6.45, 7) is 5.56. The first-order chi connectivity index (χ1) is 8.72. The zero-order valence-corrected chi connectivity index (χ0v) is 11.6. The standard InChI is InChI=1S/C15H27NO2/c1-2-12-5-6-15(18)14(8-12)10-16-7-3-4-13(9-16)11-17/h12-14,17H,2-11H2,1H3. The first-order valence-corrected chi connectivity index (χ1v) is 7.58. The van der Waals surface area contributed by atoms with Crippen molar-refractivity contribution < 1.29 is 9.90 Å². The predicted octanol–water partition coefficient (Wildman–Crippen LogP) is 2.09. The lowest BCUT2D eigenvalue weighted by atomic mass is 9.79. The van der Waals surface area contributed by atoms with Crippen LogP contribution >= 0.6 is 0 Å². The van der Waals surface area contributed by atoms with Crippen molar-refractivity contribution in [2.45, 2.75) is 45.4 Å². The number of piperidine rings is 1. The van der Waals surface area contributed by atoms with Gasteiger partial charge in [0.05, 0.1) is 0 Å². The van der Waals surface area contributed by atoms with Gasteiger partial charge in [0.25, 0.3) is 0 Å². The van der Waals surface area contributed by atoms with Crippen molar-refractivity contribution in [2.24, 2.45) is 17.8 Å². The Morgan fingerprint density at radius 3 is 2.89 bits per heavy atom. The maximum absolute atomic E-state index is 12.0. The second-order valence-corrected chi connectivity index (χ2v) is 6.16. The minimum Gasteiger partial charge on any atom is -0.396 e. The lowest BCUT2D eigenvalue weighted by molar-refractivity contribution is -0.126. The largest absolute Gasteiger partial charge is 0.396 e. The summed E-state index contributed by atoms with van der Waals surface area (Å²) >= 11 is 0. The quantitative estimate of drug-likeness (QED) is 0.834. The van der Waals surface area contributed by atoms with Gasteiger partial charge in [-0.2, -0.15) is 0 Å². The van der Waals surface area contributed by atoms with E-state index in [1.165, 1.54) is 12.8 Å². The van der Waals surface area contributed by atoms with Gasteiger partial charge in [0.1, 0.15) is 5.78 Å². The fourth-order valence-electron chi connectivity index (χ4n) is 3.53. The zero-order valence-electron chi connectivity index (χ0n) is 11.6. The Kier molecular flexibility index (Phi) is 5.19. The van der Waals surface area contributed by atoms with Crippen LogP contribution in [0, 0.1) is 17.8 Å². The van der Waals surface area contributed by atoms with Gasteiger partial charge in [0, 0.05) is 32.0 Å². The molecule has 0 aromatic rings. The van der Waals surface area contributed by atoms with Gasteiger partial charge in [-0.25, -0.2) is 0 Å². The molecule has 2 rings (SSSR count). The summed E-state index contributed by atoms with van der Waals surface area (Å²) in [6, 6.07) is 0. The molecular formula is C15H27NO2. The minimum atomic E-state index is 0.265. The Morgan fingerprint density at radius 2 is 2.17 bits per heavy atom. The molecule has 1 saturated heterocycles. The lowest BCUT2D eigenvalue weighted by Gasteiger charge is -2.36. The molecule has 3 unspecified atom stereocenters. The highest BCUT2D eigenvalue weighted by molar-refractivity contribution is 5.81. The number of carbonyl (C=O) groups excluding carboxylic acids is 1. The summed E-state index contributed by atoms with van der Waals surface area (Å²) < 4.78 is 0. The molecule has 18 heavy (non-hydrogen) atoms. The molecule has 1 aliphatic carbocycles. The number of ketones is 1. The Labute approximate surface area is 111 Å². The monoisotopic (exact) mass is 253 g/mol. The highest BCUT2D eigenvalue weighted by Crippen LogP contribution is 2.30. The Hall–Kier alpha value is -0.410. The molecule has 1 saturated carbocycles. The molecule has 0 bridgehead atoms. The first kappa shape index (κ1) is 14.0. The average Bonchev–Trinajstić information content (AvgIpc) is 2.41. The predicted molar refractivity (Wildman–Crippen MR) is 72.4 cm³/mol. The average molecular weight is 253 g/mol. The van der Waals surface area contributed by atoms with Gasteiger partial charge < -0.3 is 10.0 Å². The molecule has 3 heteroatoms. The van der Waals surface area contributed by atoms with Crippen LogP contribution in [0.4, 0.5) is 0 Å². The minimum absolute atomic E-state index is 0.265. The molecule has 1 aliphatic heterocycles.